The average Bonchev–Trinajstić information content (AvgIpc) is 2.01. The van der Waals surface area contributed by atoms with Gasteiger partial charge in [-0.15, -0.1) is 0 Å². The van der Waals surface area contributed by atoms with Gasteiger partial charge in [0.2, 0.25) is 0 Å². The Morgan fingerprint density at radius 2 is 1.50 bits per heavy atom. The van der Waals surface area contributed by atoms with Crippen molar-refractivity contribution in [2.75, 3.05) is 46.1 Å². The Hall–Kier alpha value is 0.0300. The molecular weight excluding hydrogens is 209 g/mol. The predicted molar refractivity (Wildman–Crippen MR) is 51.9 cm³/mol. The third-order valence-electron chi connectivity index (χ3n) is 2.21. The summed E-state index contributed by atoms with van der Waals surface area (Å²) in [5, 5.41) is 17.5. The van der Waals surface area contributed by atoms with Crippen molar-refractivity contribution >= 4 is 7.60 Å². The molecule has 0 saturated carbocycles. The highest BCUT2D eigenvalue weighted by atomic mass is 31.2. The molecule has 0 aliphatic heterocycles. The lowest BCUT2D eigenvalue weighted by Crippen LogP contribution is -2.49. The fraction of sp³-hybridized carbons (Fsp3) is 1.00. The highest BCUT2D eigenvalue weighted by Crippen LogP contribution is 2.34. The van der Waals surface area contributed by atoms with Crippen molar-refractivity contribution in [3.8, 4) is 0 Å². The molecule has 14 heavy (non-hydrogen) atoms. The molecule has 0 aliphatic carbocycles. The molecule has 0 unspecified atom stereocenters. The van der Waals surface area contributed by atoms with E-state index in [4.69, 9.17) is 20.0 Å². The van der Waals surface area contributed by atoms with Crippen LogP contribution >= 0.6 is 7.60 Å². The predicted octanol–water partition coefficient (Wildman–Crippen LogP) is -1.40. The molecular formula is C7H19NO5P+. The first kappa shape index (κ1) is 14.0. The van der Waals surface area contributed by atoms with Gasteiger partial charge < -0.3 is 24.5 Å². The first-order chi connectivity index (χ1) is 6.33. The van der Waals surface area contributed by atoms with Gasteiger partial charge in [0.25, 0.3) is 0 Å². The number of quaternary nitrogens is 1. The molecule has 0 atom stereocenters. The van der Waals surface area contributed by atoms with Crippen molar-refractivity contribution < 1.29 is 29.0 Å². The van der Waals surface area contributed by atoms with Gasteiger partial charge in [0.05, 0.1) is 33.0 Å². The maximum atomic E-state index is 10.6. The van der Waals surface area contributed by atoms with Crippen LogP contribution in [-0.4, -0.2) is 70.5 Å². The number of nitrogens with zero attached hydrogens (tertiary/aromatic N) is 1. The zero-order valence-corrected chi connectivity index (χ0v) is 9.23. The summed E-state index contributed by atoms with van der Waals surface area (Å²) in [6, 6.07) is 0. The summed E-state index contributed by atoms with van der Waals surface area (Å²) >= 11 is 0. The molecule has 6 nitrogen and oxygen atoms in total. The first-order valence-corrected chi connectivity index (χ1v) is 6.22. The molecule has 0 aromatic carbocycles. The van der Waals surface area contributed by atoms with Crippen molar-refractivity contribution in [3.63, 3.8) is 0 Å². The van der Waals surface area contributed by atoms with Crippen LogP contribution in [0.3, 0.4) is 0 Å². The Labute approximate surface area is 83.5 Å². The molecule has 0 radical (unpaired) electrons. The van der Waals surface area contributed by atoms with Crippen LogP contribution in [0, 0.1) is 0 Å². The molecule has 0 aliphatic rings. The van der Waals surface area contributed by atoms with E-state index in [1.54, 1.807) is 7.05 Å². The van der Waals surface area contributed by atoms with Gasteiger partial charge >= 0.3 is 7.60 Å². The summed E-state index contributed by atoms with van der Waals surface area (Å²) in [5.74, 6) is 0. The highest BCUT2D eigenvalue weighted by molar-refractivity contribution is 7.51. The Morgan fingerprint density at radius 3 is 1.79 bits per heavy atom. The van der Waals surface area contributed by atoms with E-state index in [1.807, 2.05) is 0 Å². The number of aliphatic hydroxyl groups is 2. The lowest BCUT2D eigenvalue weighted by molar-refractivity contribution is -0.907. The molecule has 0 spiro atoms. The summed E-state index contributed by atoms with van der Waals surface area (Å²) in [7, 11) is -2.24. The van der Waals surface area contributed by atoms with Gasteiger partial charge in [-0.2, -0.15) is 0 Å². The largest absolute Gasteiger partial charge is 0.391 e. The summed E-state index contributed by atoms with van der Waals surface area (Å²) in [6.45, 7) is 0.918. The highest BCUT2D eigenvalue weighted by Gasteiger charge is 2.25. The molecule has 4 N–H and O–H groups in total. The van der Waals surface area contributed by atoms with Crippen molar-refractivity contribution in [1.82, 2.24) is 0 Å². The molecule has 0 amide bonds. The van der Waals surface area contributed by atoms with Crippen LogP contribution in [0.1, 0.15) is 0 Å². The molecule has 0 fully saturated rings. The zero-order chi connectivity index (χ0) is 11.2. The van der Waals surface area contributed by atoms with Crippen LogP contribution in [0.5, 0.6) is 0 Å². The Morgan fingerprint density at radius 1 is 1.07 bits per heavy atom. The number of rotatable bonds is 7. The second kappa shape index (κ2) is 5.80. The Bertz CT molecular complexity index is 198. The molecule has 0 saturated heterocycles. The lowest BCUT2D eigenvalue weighted by Gasteiger charge is -2.33. The van der Waals surface area contributed by atoms with Crippen LogP contribution in [0.15, 0.2) is 0 Å². The van der Waals surface area contributed by atoms with E-state index in [1.165, 1.54) is 0 Å². The third-order valence-corrected chi connectivity index (χ3v) is 2.99. The van der Waals surface area contributed by atoms with Crippen LogP contribution in [0.2, 0.25) is 0 Å². The van der Waals surface area contributed by atoms with E-state index in [0.717, 1.165) is 0 Å². The average molecular weight is 228 g/mol. The molecule has 7 heteroatoms. The van der Waals surface area contributed by atoms with E-state index < -0.39 is 7.60 Å². The van der Waals surface area contributed by atoms with Gasteiger partial charge in [-0.1, -0.05) is 0 Å². The lowest BCUT2D eigenvalue weighted by atomic mass is 10.4. The van der Waals surface area contributed by atoms with Crippen LogP contribution in [0.25, 0.3) is 0 Å². The maximum absolute atomic E-state index is 10.6. The molecule has 86 valence electrons. The SMILES string of the molecule is C[N+](CCO)(CCO)CCP(=O)(O)O. The van der Waals surface area contributed by atoms with Crippen LogP contribution < -0.4 is 0 Å². The minimum atomic E-state index is -3.99. The normalized spacial score (nSPS) is 13.2. The second-order valence-corrected chi connectivity index (χ2v) is 5.40. The second-order valence-electron chi connectivity index (χ2n) is 3.63. The van der Waals surface area contributed by atoms with Gasteiger partial charge in [-0.25, -0.2) is 0 Å². The number of hydrogen-bond acceptors (Lipinski definition) is 3. The first-order valence-electron chi connectivity index (χ1n) is 4.43. The van der Waals surface area contributed by atoms with Crippen molar-refractivity contribution in [2.45, 2.75) is 0 Å². The summed E-state index contributed by atoms with van der Waals surface area (Å²) < 4.78 is 10.9. The zero-order valence-electron chi connectivity index (χ0n) is 8.33. The fourth-order valence-electron chi connectivity index (χ4n) is 1.19. The number of hydrogen-bond donors (Lipinski definition) is 4. The van der Waals surface area contributed by atoms with E-state index in [9.17, 15) is 4.57 Å². The summed E-state index contributed by atoms with van der Waals surface area (Å²) in [4.78, 5) is 17.4. The third kappa shape index (κ3) is 6.48. The number of aliphatic hydroxyl groups excluding tert-OH is 2. The molecule has 0 heterocycles. The van der Waals surface area contributed by atoms with Crippen LogP contribution in [0.4, 0.5) is 0 Å². The smallest absolute Gasteiger partial charge is 0.331 e. The molecule has 0 rings (SSSR count). The van der Waals surface area contributed by atoms with Gasteiger partial charge in [0.1, 0.15) is 13.1 Å². The fourth-order valence-corrected chi connectivity index (χ4v) is 1.93. The minimum absolute atomic E-state index is 0.0579. The van der Waals surface area contributed by atoms with Crippen molar-refractivity contribution in [3.05, 3.63) is 0 Å². The van der Waals surface area contributed by atoms with E-state index in [-0.39, 0.29) is 30.4 Å². The topological polar surface area (TPSA) is 98.0 Å². The monoisotopic (exact) mass is 228 g/mol. The summed E-state index contributed by atoms with van der Waals surface area (Å²) in [5.41, 5.74) is 0. The van der Waals surface area contributed by atoms with Gasteiger partial charge in [-0.05, 0) is 0 Å². The Kier molecular flexibility index (Phi) is 5.81. The van der Waals surface area contributed by atoms with Gasteiger partial charge in [0, 0.05) is 0 Å². The van der Waals surface area contributed by atoms with E-state index in [0.29, 0.717) is 13.1 Å². The van der Waals surface area contributed by atoms with Gasteiger partial charge in [-0.3, -0.25) is 4.57 Å². The maximum Gasteiger partial charge on any atom is 0.331 e. The number of likely N-dealkylation sites (N-methyl/N-ethyl adjacent to an activating group) is 1. The van der Waals surface area contributed by atoms with Crippen LogP contribution in [-0.2, 0) is 4.57 Å². The van der Waals surface area contributed by atoms with E-state index in [2.05, 4.69) is 0 Å². The Balaban J connectivity index is 4.15. The summed E-state index contributed by atoms with van der Waals surface area (Å²) in [6.07, 6.45) is -0.219. The molecule has 0 bridgehead atoms. The minimum Gasteiger partial charge on any atom is -0.391 e. The quantitative estimate of drug-likeness (QED) is 0.317. The molecule has 0 aromatic rings. The molecule has 0 aromatic heterocycles. The van der Waals surface area contributed by atoms with E-state index >= 15 is 0 Å². The van der Waals surface area contributed by atoms with Crippen molar-refractivity contribution in [1.29, 1.82) is 0 Å². The van der Waals surface area contributed by atoms with Crippen molar-refractivity contribution in [2.24, 2.45) is 0 Å². The van der Waals surface area contributed by atoms with Gasteiger partial charge in [0.15, 0.2) is 0 Å². The standard InChI is InChI=1S/C7H18NO5P/c1-8(2-5-9,3-6-10)4-7-14(11,12)13/h9-10H,2-7H2,1H3,(H-,11,12,13)/p+1.